The second kappa shape index (κ2) is 8.62. The molecule has 0 aliphatic heterocycles. The lowest BCUT2D eigenvalue weighted by molar-refractivity contribution is -0.113. The number of amides is 2. The van der Waals surface area contributed by atoms with E-state index >= 15 is 0 Å². The second-order valence-electron chi connectivity index (χ2n) is 6.26. The number of rotatable bonds is 6. The number of H-pyrrole nitrogens is 1. The number of carbonyl (C=O) groups is 2. The van der Waals surface area contributed by atoms with Crippen LogP contribution < -0.4 is 10.6 Å². The van der Waals surface area contributed by atoms with Crippen molar-refractivity contribution in [3.05, 3.63) is 84.4 Å². The lowest BCUT2D eigenvalue weighted by atomic mass is 10.1. The first-order valence-electron chi connectivity index (χ1n) is 9.02. The van der Waals surface area contributed by atoms with Gasteiger partial charge < -0.3 is 15.6 Å². The maximum Gasteiger partial charge on any atom is 0.257 e. The number of imidazole rings is 1. The Morgan fingerprint density at radius 1 is 0.862 bits per heavy atom. The number of nitrogens with zero attached hydrogens (tertiary/aromatic N) is 1. The summed E-state index contributed by atoms with van der Waals surface area (Å²) in [5.41, 5.74) is 3.35. The van der Waals surface area contributed by atoms with Gasteiger partial charge >= 0.3 is 0 Å². The average Bonchev–Trinajstić information content (AvgIpc) is 3.16. The normalized spacial score (nSPS) is 10.6. The molecule has 0 bridgehead atoms. The topological polar surface area (TPSA) is 86.9 Å². The number of para-hydroxylation sites is 4. The Bertz CT molecular complexity index is 1120. The Kier molecular flexibility index (Phi) is 5.58. The van der Waals surface area contributed by atoms with Crippen molar-refractivity contribution in [1.29, 1.82) is 0 Å². The van der Waals surface area contributed by atoms with Gasteiger partial charge in [0.05, 0.1) is 28.0 Å². The summed E-state index contributed by atoms with van der Waals surface area (Å²) in [7, 11) is 0. The van der Waals surface area contributed by atoms with E-state index in [4.69, 9.17) is 0 Å². The van der Waals surface area contributed by atoms with Crippen molar-refractivity contribution in [2.24, 2.45) is 0 Å². The highest BCUT2D eigenvalue weighted by atomic mass is 32.2. The van der Waals surface area contributed by atoms with Crippen LogP contribution in [0.15, 0.2) is 84.0 Å². The zero-order valence-corrected chi connectivity index (χ0v) is 16.2. The predicted molar refractivity (Wildman–Crippen MR) is 116 cm³/mol. The van der Waals surface area contributed by atoms with Crippen LogP contribution in [0.4, 0.5) is 11.4 Å². The van der Waals surface area contributed by atoms with Gasteiger partial charge in [-0.15, -0.1) is 0 Å². The number of hydrogen-bond acceptors (Lipinski definition) is 4. The van der Waals surface area contributed by atoms with Crippen molar-refractivity contribution in [1.82, 2.24) is 9.97 Å². The summed E-state index contributed by atoms with van der Waals surface area (Å²) in [5, 5.41) is 6.33. The van der Waals surface area contributed by atoms with E-state index in [1.165, 1.54) is 11.8 Å². The molecule has 0 atom stereocenters. The first kappa shape index (κ1) is 18.8. The zero-order valence-electron chi connectivity index (χ0n) is 15.4. The Balaban J connectivity index is 1.41. The molecule has 3 aromatic carbocycles. The molecule has 4 aromatic rings. The summed E-state index contributed by atoms with van der Waals surface area (Å²) < 4.78 is 0. The molecular formula is C22H18N4O2S. The maximum atomic E-state index is 12.6. The monoisotopic (exact) mass is 402 g/mol. The third kappa shape index (κ3) is 4.64. The fraction of sp³-hybridized carbons (Fsp3) is 0.0455. The summed E-state index contributed by atoms with van der Waals surface area (Å²) >= 11 is 1.31. The SMILES string of the molecule is O=C(CSc1nc2ccccc2[nH]1)Nc1ccccc1C(=O)Nc1ccccc1. The molecule has 0 aliphatic carbocycles. The molecule has 0 fully saturated rings. The molecule has 1 aromatic heterocycles. The number of benzene rings is 3. The molecule has 2 amide bonds. The van der Waals surface area contributed by atoms with Crippen LogP contribution in [0.3, 0.4) is 0 Å². The standard InChI is InChI=1S/C22H18N4O2S/c27-20(14-29-22-25-18-12-6-7-13-19(18)26-22)24-17-11-5-4-10-16(17)21(28)23-15-8-2-1-3-9-15/h1-13H,14H2,(H,23,28)(H,24,27)(H,25,26). The first-order chi connectivity index (χ1) is 14.2. The van der Waals surface area contributed by atoms with Crippen molar-refractivity contribution in [3.8, 4) is 0 Å². The Hall–Kier alpha value is -3.58. The van der Waals surface area contributed by atoms with E-state index in [-0.39, 0.29) is 17.6 Å². The number of aromatic nitrogens is 2. The van der Waals surface area contributed by atoms with Crippen molar-refractivity contribution in [2.75, 3.05) is 16.4 Å². The van der Waals surface area contributed by atoms with Gasteiger partial charge in [-0.05, 0) is 36.4 Å². The van der Waals surface area contributed by atoms with Gasteiger partial charge in [0, 0.05) is 5.69 Å². The van der Waals surface area contributed by atoms with Crippen molar-refractivity contribution in [3.63, 3.8) is 0 Å². The van der Waals surface area contributed by atoms with Gasteiger partial charge in [0.1, 0.15) is 0 Å². The first-order valence-corrected chi connectivity index (χ1v) is 10.0. The van der Waals surface area contributed by atoms with Crippen LogP contribution in [-0.4, -0.2) is 27.5 Å². The summed E-state index contributed by atoms with van der Waals surface area (Å²) in [5.74, 6) is -0.318. The molecule has 144 valence electrons. The largest absolute Gasteiger partial charge is 0.333 e. The fourth-order valence-electron chi connectivity index (χ4n) is 2.83. The van der Waals surface area contributed by atoms with E-state index in [9.17, 15) is 9.59 Å². The van der Waals surface area contributed by atoms with E-state index in [0.717, 1.165) is 11.0 Å². The molecule has 1 heterocycles. The average molecular weight is 402 g/mol. The molecule has 4 rings (SSSR count). The van der Waals surface area contributed by atoms with Crippen LogP contribution in [0.25, 0.3) is 11.0 Å². The molecule has 7 heteroatoms. The number of carbonyl (C=O) groups excluding carboxylic acids is 2. The van der Waals surface area contributed by atoms with Crippen LogP contribution in [0.2, 0.25) is 0 Å². The van der Waals surface area contributed by atoms with Gasteiger partial charge in [-0.3, -0.25) is 9.59 Å². The van der Waals surface area contributed by atoms with Crippen LogP contribution in [-0.2, 0) is 4.79 Å². The Morgan fingerprint density at radius 3 is 2.41 bits per heavy atom. The Labute approximate surface area is 171 Å². The van der Waals surface area contributed by atoms with E-state index < -0.39 is 0 Å². The summed E-state index contributed by atoms with van der Waals surface area (Å²) in [4.78, 5) is 32.7. The molecule has 3 N–H and O–H groups in total. The molecule has 29 heavy (non-hydrogen) atoms. The highest BCUT2D eigenvalue weighted by Crippen LogP contribution is 2.21. The lowest BCUT2D eigenvalue weighted by Gasteiger charge is -2.11. The van der Waals surface area contributed by atoms with Crippen LogP contribution >= 0.6 is 11.8 Å². The number of fused-ring (bicyclic) bond motifs is 1. The van der Waals surface area contributed by atoms with Gasteiger partial charge in [0.15, 0.2) is 5.16 Å². The van der Waals surface area contributed by atoms with E-state index in [0.29, 0.717) is 22.1 Å². The van der Waals surface area contributed by atoms with Crippen molar-refractivity contribution >= 4 is 46.0 Å². The fourth-order valence-corrected chi connectivity index (χ4v) is 3.51. The minimum Gasteiger partial charge on any atom is -0.333 e. The van der Waals surface area contributed by atoms with Gasteiger partial charge in [-0.2, -0.15) is 0 Å². The molecular weight excluding hydrogens is 384 g/mol. The third-order valence-electron chi connectivity index (χ3n) is 4.19. The molecule has 0 saturated carbocycles. The third-order valence-corrected chi connectivity index (χ3v) is 5.06. The quantitative estimate of drug-likeness (QED) is 0.413. The molecule has 0 spiro atoms. The van der Waals surface area contributed by atoms with Crippen molar-refractivity contribution < 1.29 is 9.59 Å². The number of hydrogen-bond donors (Lipinski definition) is 3. The van der Waals surface area contributed by atoms with E-state index in [1.54, 1.807) is 24.3 Å². The van der Waals surface area contributed by atoms with Gasteiger partial charge in [0.25, 0.3) is 5.91 Å². The van der Waals surface area contributed by atoms with Gasteiger partial charge in [-0.25, -0.2) is 4.98 Å². The van der Waals surface area contributed by atoms with Crippen LogP contribution in [0.5, 0.6) is 0 Å². The number of nitrogens with one attached hydrogen (secondary N) is 3. The highest BCUT2D eigenvalue weighted by Gasteiger charge is 2.14. The molecule has 0 unspecified atom stereocenters. The van der Waals surface area contributed by atoms with E-state index in [2.05, 4.69) is 20.6 Å². The number of aromatic amines is 1. The molecule has 0 saturated heterocycles. The van der Waals surface area contributed by atoms with Crippen LogP contribution in [0.1, 0.15) is 10.4 Å². The van der Waals surface area contributed by atoms with Gasteiger partial charge in [-0.1, -0.05) is 54.2 Å². The molecule has 6 nitrogen and oxygen atoms in total. The predicted octanol–water partition coefficient (Wildman–Crippen LogP) is 4.55. The second-order valence-corrected chi connectivity index (χ2v) is 7.23. The molecule has 0 radical (unpaired) electrons. The Morgan fingerprint density at radius 2 is 1.59 bits per heavy atom. The van der Waals surface area contributed by atoms with E-state index in [1.807, 2.05) is 54.6 Å². The molecule has 0 aliphatic rings. The maximum absolute atomic E-state index is 12.6. The number of thioether (sulfide) groups is 1. The minimum atomic E-state index is -0.281. The zero-order chi connectivity index (χ0) is 20.1. The van der Waals surface area contributed by atoms with Gasteiger partial charge in [0.2, 0.25) is 5.91 Å². The minimum absolute atomic E-state index is 0.175. The van der Waals surface area contributed by atoms with Crippen LogP contribution in [0, 0.1) is 0 Å². The summed E-state index contributed by atoms with van der Waals surface area (Å²) in [6.45, 7) is 0. The highest BCUT2D eigenvalue weighted by molar-refractivity contribution is 7.99. The summed E-state index contributed by atoms with van der Waals surface area (Å²) in [6.07, 6.45) is 0. The number of anilines is 2. The van der Waals surface area contributed by atoms with Crippen molar-refractivity contribution in [2.45, 2.75) is 5.16 Å². The lowest BCUT2D eigenvalue weighted by Crippen LogP contribution is -2.19. The summed E-state index contributed by atoms with van der Waals surface area (Å²) in [6, 6.07) is 23.8. The smallest absolute Gasteiger partial charge is 0.257 e.